The summed E-state index contributed by atoms with van der Waals surface area (Å²) in [6.45, 7) is 7.64. The Morgan fingerprint density at radius 1 is 1.29 bits per heavy atom. The van der Waals surface area contributed by atoms with Crippen LogP contribution in [0.3, 0.4) is 0 Å². The zero-order chi connectivity index (χ0) is 13.2. The van der Waals surface area contributed by atoms with E-state index in [1.807, 2.05) is 19.9 Å². The molecule has 17 heavy (non-hydrogen) atoms. The van der Waals surface area contributed by atoms with E-state index in [-0.39, 0.29) is 6.04 Å². The van der Waals surface area contributed by atoms with E-state index >= 15 is 0 Å². The predicted octanol–water partition coefficient (Wildman–Crippen LogP) is 1.45. The average molecular weight is 256 g/mol. The first-order valence-corrected chi connectivity index (χ1v) is 7.08. The van der Waals surface area contributed by atoms with E-state index in [1.54, 1.807) is 19.9 Å². The summed E-state index contributed by atoms with van der Waals surface area (Å²) in [5.41, 5.74) is 8.11. The van der Waals surface area contributed by atoms with Gasteiger partial charge in [0.05, 0.1) is 4.90 Å². The van der Waals surface area contributed by atoms with Crippen LogP contribution in [0.1, 0.15) is 30.5 Å². The zero-order valence-corrected chi connectivity index (χ0v) is 11.6. The van der Waals surface area contributed by atoms with Crippen molar-refractivity contribution in [3.63, 3.8) is 0 Å². The quantitative estimate of drug-likeness (QED) is 0.856. The summed E-state index contributed by atoms with van der Waals surface area (Å²) >= 11 is 0. The van der Waals surface area contributed by atoms with Crippen LogP contribution in [0.15, 0.2) is 17.0 Å². The van der Waals surface area contributed by atoms with Gasteiger partial charge in [0.2, 0.25) is 10.0 Å². The fraction of sp³-hybridized carbons (Fsp3) is 0.500. The summed E-state index contributed by atoms with van der Waals surface area (Å²) in [4.78, 5) is 0.326. The van der Waals surface area contributed by atoms with Crippen LogP contribution in [0.25, 0.3) is 0 Å². The lowest BCUT2D eigenvalue weighted by Crippen LogP contribution is -2.31. The summed E-state index contributed by atoms with van der Waals surface area (Å²) in [7, 11) is -3.45. The highest BCUT2D eigenvalue weighted by Crippen LogP contribution is 2.21. The van der Waals surface area contributed by atoms with Crippen LogP contribution in [0.2, 0.25) is 0 Å². The first-order valence-electron chi connectivity index (χ1n) is 5.60. The van der Waals surface area contributed by atoms with Gasteiger partial charge in [-0.2, -0.15) is 0 Å². The Morgan fingerprint density at radius 3 is 2.35 bits per heavy atom. The normalized spacial score (nSPS) is 12.1. The number of hydrogen-bond acceptors (Lipinski definition) is 3. The Labute approximate surface area is 103 Å². The summed E-state index contributed by atoms with van der Waals surface area (Å²) in [6.07, 6.45) is 0. The van der Waals surface area contributed by atoms with Crippen molar-refractivity contribution in [2.75, 3.05) is 0 Å². The minimum absolute atomic E-state index is 0.124. The molecule has 0 aliphatic heterocycles. The molecule has 0 amide bonds. The highest BCUT2D eigenvalue weighted by molar-refractivity contribution is 7.89. The summed E-state index contributed by atoms with van der Waals surface area (Å²) < 4.78 is 26.8. The lowest BCUT2D eigenvalue weighted by Gasteiger charge is -2.14. The number of nitrogens with one attached hydrogen (secondary N) is 1. The van der Waals surface area contributed by atoms with E-state index in [4.69, 9.17) is 5.73 Å². The Kier molecular flexibility index (Phi) is 4.30. The van der Waals surface area contributed by atoms with Crippen molar-refractivity contribution in [1.29, 1.82) is 0 Å². The molecule has 0 aliphatic carbocycles. The molecule has 3 N–H and O–H groups in total. The maximum Gasteiger partial charge on any atom is 0.241 e. The number of sulfonamides is 1. The van der Waals surface area contributed by atoms with Gasteiger partial charge in [0.1, 0.15) is 0 Å². The zero-order valence-electron chi connectivity index (χ0n) is 10.7. The fourth-order valence-electron chi connectivity index (χ4n) is 1.67. The highest BCUT2D eigenvalue weighted by atomic mass is 32.2. The summed E-state index contributed by atoms with van der Waals surface area (Å²) in [5.74, 6) is 0. The molecule has 0 radical (unpaired) electrons. The van der Waals surface area contributed by atoms with Gasteiger partial charge in [-0.25, -0.2) is 13.1 Å². The van der Waals surface area contributed by atoms with Gasteiger partial charge in [0.25, 0.3) is 0 Å². The minimum atomic E-state index is -3.45. The van der Waals surface area contributed by atoms with Crippen molar-refractivity contribution >= 4 is 10.0 Å². The maximum absolute atomic E-state index is 12.1. The van der Waals surface area contributed by atoms with E-state index < -0.39 is 10.0 Å². The highest BCUT2D eigenvalue weighted by Gasteiger charge is 2.19. The molecule has 1 aromatic rings. The molecule has 5 heteroatoms. The molecule has 0 fully saturated rings. The summed E-state index contributed by atoms with van der Waals surface area (Å²) in [6, 6.07) is 3.44. The van der Waals surface area contributed by atoms with Crippen molar-refractivity contribution in [3.8, 4) is 0 Å². The van der Waals surface area contributed by atoms with Gasteiger partial charge in [0.15, 0.2) is 0 Å². The van der Waals surface area contributed by atoms with Crippen LogP contribution in [0.4, 0.5) is 0 Å². The molecule has 0 bridgehead atoms. The molecule has 1 rings (SSSR count). The van der Waals surface area contributed by atoms with Crippen LogP contribution in [0.5, 0.6) is 0 Å². The molecule has 0 aromatic heterocycles. The maximum atomic E-state index is 12.1. The second kappa shape index (κ2) is 5.16. The van der Waals surface area contributed by atoms with Gasteiger partial charge < -0.3 is 5.73 Å². The van der Waals surface area contributed by atoms with Crippen LogP contribution < -0.4 is 10.5 Å². The molecule has 96 valence electrons. The number of hydrogen-bond donors (Lipinski definition) is 2. The summed E-state index contributed by atoms with van der Waals surface area (Å²) in [5, 5.41) is 0. The van der Waals surface area contributed by atoms with Crippen LogP contribution in [0, 0.1) is 13.8 Å². The molecular weight excluding hydrogens is 236 g/mol. The Bertz CT molecular complexity index is 507. The smallest absolute Gasteiger partial charge is 0.241 e. The molecule has 4 nitrogen and oxygen atoms in total. The molecule has 0 atom stereocenters. The largest absolute Gasteiger partial charge is 0.326 e. The number of nitrogens with two attached hydrogens (primary N) is 1. The molecule has 0 heterocycles. The van der Waals surface area contributed by atoms with E-state index in [0.29, 0.717) is 11.4 Å². The van der Waals surface area contributed by atoms with E-state index in [1.165, 1.54) is 0 Å². The molecule has 0 aliphatic rings. The van der Waals surface area contributed by atoms with Crippen molar-refractivity contribution in [1.82, 2.24) is 4.72 Å². The second-order valence-electron chi connectivity index (χ2n) is 4.52. The molecule has 0 saturated heterocycles. The monoisotopic (exact) mass is 256 g/mol. The third-order valence-electron chi connectivity index (χ3n) is 2.60. The van der Waals surface area contributed by atoms with Crippen LogP contribution in [-0.2, 0) is 16.6 Å². The van der Waals surface area contributed by atoms with E-state index in [9.17, 15) is 8.42 Å². The first kappa shape index (κ1) is 14.2. The molecule has 1 aromatic carbocycles. The third kappa shape index (κ3) is 3.28. The number of aryl methyl sites for hydroxylation is 1. The van der Waals surface area contributed by atoms with Gasteiger partial charge in [0, 0.05) is 12.6 Å². The minimum Gasteiger partial charge on any atom is -0.326 e. The fourth-order valence-corrected chi connectivity index (χ4v) is 3.29. The topological polar surface area (TPSA) is 72.2 Å². The van der Waals surface area contributed by atoms with Crippen molar-refractivity contribution in [3.05, 3.63) is 28.8 Å². The SMILES string of the molecule is Cc1cc(CN)cc(S(=O)(=O)NC(C)C)c1C. The van der Waals surface area contributed by atoms with Crippen LogP contribution in [-0.4, -0.2) is 14.5 Å². The van der Waals surface area contributed by atoms with E-state index in [0.717, 1.165) is 16.7 Å². The lowest BCUT2D eigenvalue weighted by atomic mass is 10.1. The Balaban J connectivity index is 3.35. The second-order valence-corrected chi connectivity index (χ2v) is 6.20. The number of benzene rings is 1. The molecule has 0 spiro atoms. The van der Waals surface area contributed by atoms with Gasteiger partial charge in [-0.1, -0.05) is 6.07 Å². The molecular formula is C12H20N2O2S. The van der Waals surface area contributed by atoms with Gasteiger partial charge in [-0.3, -0.25) is 0 Å². The lowest BCUT2D eigenvalue weighted by molar-refractivity contribution is 0.569. The third-order valence-corrected chi connectivity index (χ3v) is 4.38. The molecule has 0 unspecified atom stereocenters. The first-order chi connectivity index (χ1) is 7.77. The Morgan fingerprint density at radius 2 is 1.88 bits per heavy atom. The number of rotatable bonds is 4. The average Bonchev–Trinajstić information content (AvgIpc) is 2.19. The standard InChI is InChI=1S/C12H20N2O2S/c1-8(2)14-17(15,16)12-6-11(7-13)5-9(3)10(12)4/h5-6,8,14H,7,13H2,1-4H3. The molecule has 0 saturated carbocycles. The van der Waals surface area contributed by atoms with Gasteiger partial charge in [-0.05, 0) is 50.5 Å². The predicted molar refractivity (Wildman–Crippen MR) is 69.3 cm³/mol. The van der Waals surface area contributed by atoms with Gasteiger partial charge in [-0.15, -0.1) is 0 Å². The van der Waals surface area contributed by atoms with Crippen LogP contribution >= 0.6 is 0 Å². The van der Waals surface area contributed by atoms with Crippen molar-refractivity contribution in [2.45, 2.75) is 45.2 Å². The van der Waals surface area contributed by atoms with Gasteiger partial charge >= 0.3 is 0 Å². The Hall–Kier alpha value is -0.910. The van der Waals surface area contributed by atoms with Crippen molar-refractivity contribution < 1.29 is 8.42 Å². The van der Waals surface area contributed by atoms with Crippen molar-refractivity contribution in [2.24, 2.45) is 5.73 Å². The van der Waals surface area contributed by atoms with E-state index in [2.05, 4.69) is 4.72 Å².